The zero-order valence-electron chi connectivity index (χ0n) is 9.40. The van der Waals surface area contributed by atoms with Crippen molar-refractivity contribution in [1.82, 2.24) is 0 Å². The van der Waals surface area contributed by atoms with Gasteiger partial charge < -0.3 is 4.74 Å². The lowest BCUT2D eigenvalue weighted by Gasteiger charge is -2.05. The zero-order chi connectivity index (χ0) is 11.8. The van der Waals surface area contributed by atoms with E-state index in [1.807, 2.05) is 0 Å². The summed E-state index contributed by atoms with van der Waals surface area (Å²) in [5, 5.41) is 8.34. The van der Waals surface area contributed by atoms with Crippen molar-refractivity contribution in [1.29, 1.82) is 5.26 Å². The van der Waals surface area contributed by atoms with E-state index in [4.69, 9.17) is 10.00 Å². The van der Waals surface area contributed by atoms with E-state index < -0.39 is 0 Å². The Labute approximate surface area is 95.7 Å². The summed E-state index contributed by atoms with van der Waals surface area (Å²) >= 11 is 0. The average Bonchev–Trinajstić information content (AvgIpc) is 2.29. The van der Waals surface area contributed by atoms with Gasteiger partial charge in [-0.25, -0.2) is 0 Å². The third-order valence-electron chi connectivity index (χ3n) is 2.21. The van der Waals surface area contributed by atoms with Crippen molar-refractivity contribution >= 4 is 5.78 Å². The Balaban J connectivity index is 2.33. The molecule has 0 fully saturated rings. The number of rotatable bonds is 6. The van der Waals surface area contributed by atoms with Crippen LogP contribution >= 0.6 is 0 Å². The van der Waals surface area contributed by atoms with Gasteiger partial charge in [0.05, 0.1) is 12.7 Å². The number of ketones is 1. The Bertz CT molecular complexity index is 376. The fourth-order valence-corrected chi connectivity index (χ4v) is 1.28. The molecule has 1 aromatic rings. The minimum absolute atomic E-state index is 0.0561. The van der Waals surface area contributed by atoms with Crippen LogP contribution in [-0.2, 0) is 0 Å². The number of carbonyl (C=O) groups excluding carboxylic acids is 1. The first kappa shape index (κ1) is 12.3. The molecule has 1 aromatic carbocycles. The van der Waals surface area contributed by atoms with Gasteiger partial charge in [0.25, 0.3) is 0 Å². The zero-order valence-corrected chi connectivity index (χ0v) is 9.40. The molecule has 0 saturated heterocycles. The van der Waals surface area contributed by atoms with Gasteiger partial charge in [-0.05, 0) is 44.0 Å². The Hall–Kier alpha value is -1.82. The van der Waals surface area contributed by atoms with Crippen molar-refractivity contribution in [2.75, 3.05) is 6.61 Å². The summed E-state index contributed by atoms with van der Waals surface area (Å²) in [7, 11) is 0. The molecule has 0 aliphatic carbocycles. The van der Waals surface area contributed by atoms with Crippen LogP contribution in [0, 0.1) is 11.3 Å². The number of ether oxygens (including phenoxy) is 1. The van der Waals surface area contributed by atoms with Gasteiger partial charge in [0, 0.05) is 12.0 Å². The summed E-state index contributed by atoms with van der Waals surface area (Å²) in [5.41, 5.74) is 0.692. The van der Waals surface area contributed by atoms with Gasteiger partial charge in [-0.15, -0.1) is 0 Å². The third-order valence-corrected chi connectivity index (χ3v) is 2.21. The molecule has 3 nitrogen and oxygen atoms in total. The predicted molar refractivity (Wildman–Crippen MR) is 61.4 cm³/mol. The fourth-order valence-electron chi connectivity index (χ4n) is 1.28. The number of hydrogen-bond acceptors (Lipinski definition) is 3. The van der Waals surface area contributed by atoms with Crippen LogP contribution in [0.5, 0.6) is 5.75 Å². The van der Waals surface area contributed by atoms with Crippen molar-refractivity contribution in [2.45, 2.75) is 26.2 Å². The lowest BCUT2D eigenvalue weighted by Crippen LogP contribution is -1.98. The van der Waals surface area contributed by atoms with Gasteiger partial charge in [-0.1, -0.05) is 0 Å². The van der Waals surface area contributed by atoms with Gasteiger partial charge in [-0.2, -0.15) is 5.26 Å². The SMILES string of the molecule is CC(=O)c1ccc(OCCCCC#N)cc1. The van der Waals surface area contributed by atoms with Crippen molar-refractivity contribution < 1.29 is 9.53 Å². The number of unbranched alkanes of at least 4 members (excludes halogenated alkanes) is 2. The minimum atomic E-state index is 0.0561. The van der Waals surface area contributed by atoms with Gasteiger partial charge in [0.15, 0.2) is 5.78 Å². The number of hydrogen-bond donors (Lipinski definition) is 0. The van der Waals surface area contributed by atoms with Crippen molar-refractivity contribution in [3.8, 4) is 11.8 Å². The van der Waals surface area contributed by atoms with E-state index in [1.54, 1.807) is 24.3 Å². The highest BCUT2D eigenvalue weighted by Crippen LogP contribution is 2.13. The minimum Gasteiger partial charge on any atom is -0.494 e. The number of carbonyl (C=O) groups is 1. The van der Waals surface area contributed by atoms with Crippen LogP contribution in [0.15, 0.2) is 24.3 Å². The van der Waals surface area contributed by atoms with E-state index >= 15 is 0 Å². The topological polar surface area (TPSA) is 50.1 Å². The molecule has 0 aliphatic heterocycles. The summed E-state index contributed by atoms with van der Waals surface area (Å²) in [6.45, 7) is 2.15. The van der Waals surface area contributed by atoms with Crippen LogP contribution < -0.4 is 4.74 Å². The molecule has 0 saturated carbocycles. The summed E-state index contributed by atoms with van der Waals surface area (Å²) in [5.74, 6) is 0.822. The predicted octanol–water partition coefficient (Wildman–Crippen LogP) is 2.96. The number of Topliss-reactive ketones (excluding diaryl/α,β-unsaturated/α-hetero) is 1. The lowest BCUT2D eigenvalue weighted by molar-refractivity contribution is 0.101. The highest BCUT2D eigenvalue weighted by molar-refractivity contribution is 5.94. The molecule has 0 bridgehead atoms. The highest BCUT2D eigenvalue weighted by atomic mass is 16.5. The molecule has 16 heavy (non-hydrogen) atoms. The summed E-state index contributed by atoms with van der Waals surface area (Å²) in [6, 6.07) is 9.19. The smallest absolute Gasteiger partial charge is 0.159 e. The third kappa shape index (κ3) is 4.14. The Morgan fingerprint density at radius 3 is 2.56 bits per heavy atom. The summed E-state index contributed by atoms with van der Waals surface area (Å²) in [4.78, 5) is 11.0. The van der Waals surface area contributed by atoms with E-state index in [0.717, 1.165) is 18.6 Å². The van der Waals surface area contributed by atoms with E-state index in [9.17, 15) is 4.79 Å². The fraction of sp³-hybridized carbons (Fsp3) is 0.385. The van der Waals surface area contributed by atoms with Crippen LogP contribution in [0.3, 0.4) is 0 Å². The average molecular weight is 217 g/mol. The van der Waals surface area contributed by atoms with Crippen LogP contribution in [0.25, 0.3) is 0 Å². The van der Waals surface area contributed by atoms with Crippen LogP contribution in [0.4, 0.5) is 0 Å². The Morgan fingerprint density at radius 1 is 1.31 bits per heavy atom. The molecule has 0 spiro atoms. The second-order valence-electron chi connectivity index (χ2n) is 3.54. The normalized spacial score (nSPS) is 9.50. The van der Waals surface area contributed by atoms with Gasteiger partial charge in [-0.3, -0.25) is 4.79 Å². The van der Waals surface area contributed by atoms with E-state index in [0.29, 0.717) is 18.6 Å². The molecule has 0 N–H and O–H groups in total. The Kier molecular flexibility index (Phi) is 5.07. The van der Waals surface area contributed by atoms with Gasteiger partial charge in [0.2, 0.25) is 0 Å². The maximum absolute atomic E-state index is 11.0. The van der Waals surface area contributed by atoms with Gasteiger partial charge in [0.1, 0.15) is 5.75 Å². The van der Waals surface area contributed by atoms with E-state index in [1.165, 1.54) is 6.92 Å². The van der Waals surface area contributed by atoms with Crippen molar-refractivity contribution in [3.63, 3.8) is 0 Å². The molecule has 0 unspecified atom stereocenters. The molecule has 0 aliphatic rings. The molecule has 84 valence electrons. The van der Waals surface area contributed by atoms with Crippen molar-refractivity contribution in [2.24, 2.45) is 0 Å². The first-order valence-electron chi connectivity index (χ1n) is 5.35. The first-order valence-corrected chi connectivity index (χ1v) is 5.35. The number of nitriles is 1. The Morgan fingerprint density at radius 2 is 2.00 bits per heavy atom. The first-order chi connectivity index (χ1) is 7.74. The summed E-state index contributed by atoms with van der Waals surface area (Å²) < 4.78 is 5.47. The largest absolute Gasteiger partial charge is 0.494 e. The quantitative estimate of drug-likeness (QED) is 0.543. The standard InChI is InChI=1S/C13H15NO2/c1-11(15)12-5-7-13(8-6-12)16-10-4-2-3-9-14/h5-8H,2-4,10H2,1H3. The molecule has 0 atom stereocenters. The summed E-state index contributed by atoms with van der Waals surface area (Å²) in [6.07, 6.45) is 2.32. The molecule has 1 rings (SSSR count). The van der Waals surface area contributed by atoms with Crippen LogP contribution in [0.2, 0.25) is 0 Å². The molecule has 0 aromatic heterocycles. The number of nitrogens with zero attached hydrogens (tertiary/aromatic N) is 1. The monoisotopic (exact) mass is 217 g/mol. The molecule has 0 radical (unpaired) electrons. The van der Waals surface area contributed by atoms with E-state index in [2.05, 4.69) is 6.07 Å². The number of benzene rings is 1. The second kappa shape index (κ2) is 6.62. The second-order valence-corrected chi connectivity index (χ2v) is 3.54. The van der Waals surface area contributed by atoms with Crippen LogP contribution in [0.1, 0.15) is 36.5 Å². The van der Waals surface area contributed by atoms with E-state index in [-0.39, 0.29) is 5.78 Å². The van der Waals surface area contributed by atoms with Crippen LogP contribution in [-0.4, -0.2) is 12.4 Å². The molecular weight excluding hydrogens is 202 g/mol. The maximum Gasteiger partial charge on any atom is 0.159 e. The maximum atomic E-state index is 11.0. The molecule has 3 heteroatoms. The van der Waals surface area contributed by atoms with Crippen molar-refractivity contribution in [3.05, 3.63) is 29.8 Å². The highest BCUT2D eigenvalue weighted by Gasteiger charge is 1.99. The molecular formula is C13H15NO2. The van der Waals surface area contributed by atoms with Gasteiger partial charge >= 0.3 is 0 Å². The lowest BCUT2D eigenvalue weighted by atomic mass is 10.1. The molecule has 0 heterocycles. The molecule has 0 amide bonds.